The first-order valence-electron chi connectivity index (χ1n) is 7.64. The number of benzene rings is 1. The molecule has 118 valence electrons. The quantitative estimate of drug-likeness (QED) is 0.731. The van der Waals surface area contributed by atoms with E-state index in [-0.39, 0.29) is 24.8 Å². The maximum absolute atomic E-state index is 11.9. The number of amides is 2. The minimum atomic E-state index is -0.149. The van der Waals surface area contributed by atoms with E-state index in [1.165, 1.54) is 0 Å². The zero-order valence-electron chi connectivity index (χ0n) is 13.1. The lowest BCUT2D eigenvalue weighted by molar-refractivity contribution is -0.125. The summed E-state index contributed by atoms with van der Waals surface area (Å²) < 4.78 is 0. The summed E-state index contributed by atoms with van der Waals surface area (Å²) in [4.78, 5) is 26.7. The van der Waals surface area contributed by atoms with Gasteiger partial charge in [0.15, 0.2) is 0 Å². The van der Waals surface area contributed by atoms with Crippen LogP contribution in [0.3, 0.4) is 0 Å². The Morgan fingerprint density at radius 3 is 2.68 bits per heavy atom. The molecule has 2 amide bonds. The second-order valence-corrected chi connectivity index (χ2v) is 5.85. The fourth-order valence-electron chi connectivity index (χ4n) is 2.25. The van der Waals surface area contributed by atoms with E-state index in [1.54, 1.807) is 0 Å². The summed E-state index contributed by atoms with van der Waals surface area (Å²) in [7, 11) is 0. The molecule has 1 aromatic carbocycles. The van der Waals surface area contributed by atoms with Gasteiger partial charge in [0.05, 0.1) is 13.0 Å². The Balaban J connectivity index is 1.77. The minimum absolute atomic E-state index is 0.0271. The molecule has 0 aliphatic heterocycles. The third-order valence-electron chi connectivity index (χ3n) is 3.52. The summed E-state index contributed by atoms with van der Waals surface area (Å²) >= 11 is 0. The molecule has 0 unspecified atom stereocenters. The van der Waals surface area contributed by atoms with Crippen LogP contribution >= 0.6 is 0 Å². The molecule has 5 heteroatoms. The molecule has 0 fully saturated rings. The van der Waals surface area contributed by atoms with Gasteiger partial charge < -0.3 is 15.6 Å². The highest BCUT2D eigenvalue weighted by Gasteiger charge is 2.09. The number of rotatable bonds is 7. The highest BCUT2D eigenvalue weighted by molar-refractivity contribution is 5.90. The van der Waals surface area contributed by atoms with Crippen LogP contribution < -0.4 is 10.6 Å². The number of aromatic amines is 1. The van der Waals surface area contributed by atoms with Crippen molar-refractivity contribution in [3.05, 3.63) is 36.0 Å². The molecule has 0 radical (unpaired) electrons. The van der Waals surface area contributed by atoms with Gasteiger partial charge in [0.2, 0.25) is 11.8 Å². The number of nitrogens with one attached hydrogen (secondary N) is 3. The number of H-pyrrole nitrogens is 1. The molecule has 0 aliphatic carbocycles. The molecule has 2 aromatic rings. The predicted molar refractivity (Wildman–Crippen MR) is 87.5 cm³/mol. The number of hydrogen-bond donors (Lipinski definition) is 3. The van der Waals surface area contributed by atoms with E-state index < -0.39 is 0 Å². The summed E-state index contributed by atoms with van der Waals surface area (Å²) in [5.41, 5.74) is 1.95. The highest BCUT2D eigenvalue weighted by atomic mass is 16.2. The van der Waals surface area contributed by atoms with Gasteiger partial charge in [-0.25, -0.2) is 0 Å². The van der Waals surface area contributed by atoms with Crippen molar-refractivity contribution in [3.8, 4) is 0 Å². The Hall–Kier alpha value is -2.30. The molecule has 1 heterocycles. The molecular formula is C17H23N3O2. The van der Waals surface area contributed by atoms with Gasteiger partial charge in [-0.2, -0.15) is 0 Å². The normalized spacial score (nSPS) is 10.9. The maximum atomic E-state index is 11.9. The molecule has 0 aliphatic rings. The van der Waals surface area contributed by atoms with Crippen LogP contribution in [0, 0.1) is 5.92 Å². The van der Waals surface area contributed by atoms with Gasteiger partial charge >= 0.3 is 0 Å². The minimum Gasteiger partial charge on any atom is -0.361 e. The van der Waals surface area contributed by atoms with Crippen LogP contribution in [0.15, 0.2) is 30.5 Å². The highest BCUT2D eigenvalue weighted by Crippen LogP contribution is 2.17. The van der Waals surface area contributed by atoms with Gasteiger partial charge in [-0.3, -0.25) is 9.59 Å². The van der Waals surface area contributed by atoms with E-state index in [4.69, 9.17) is 0 Å². The van der Waals surface area contributed by atoms with E-state index in [0.717, 1.165) is 22.9 Å². The van der Waals surface area contributed by atoms with Crippen LogP contribution in [-0.2, 0) is 16.0 Å². The van der Waals surface area contributed by atoms with Crippen LogP contribution in [0.1, 0.15) is 25.8 Å². The maximum Gasteiger partial charge on any atom is 0.239 e. The van der Waals surface area contributed by atoms with Crippen molar-refractivity contribution in [2.75, 3.05) is 13.1 Å². The Morgan fingerprint density at radius 2 is 1.91 bits per heavy atom. The number of fused-ring (bicyclic) bond motifs is 1. The molecule has 0 bridgehead atoms. The fourth-order valence-corrected chi connectivity index (χ4v) is 2.25. The Bertz CT molecular complexity index is 646. The van der Waals surface area contributed by atoms with Crippen molar-refractivity contribution >= 4 is 22.7 Å². The molecule has 3 N–H and O–H groups in total. The van der Waals surface area contributed by atoms with Gasteiger partial charge in [0, 0.05) is 23.6 Å². The zero-order chi connectivity index (χ0) is 15.9. The van der Waals surface area contributed by atoms with Crippen LogP contribution in [0.2, 0.25) is 0 Å². The van der Waals surface area contributed by atoms with Gasteiger partial charge in [0.25, 0.3) is 0 Å². The van der Waals surface area contributed by atoms with Crippen LogP contribution in [0.4, 0.5) is 0 Å². The Kier molecular flexibility index (Phi) is 5.58. The van der Waals surface area contributed by atoms with Gasteiger partial charge in [-0.15, -0.1) is 0 Å². The molecule has 1 aromatic heterocycles. The van der Waals surface area contributed by atoms with Crippen molar-refractivity contribution in [2.24, 2.45) is 5.92 Å². The number of hydrogen-bond acceptors (Lipinski definition) is 2. The average molecular weight is 301 g/mol. The smallest absolute Gasteiger partial charge is 0.239 e. The zero-order valence-corrected chi connectivity index (χ0v) is 13.1. The monoisotopic (exact) mass is 301 g/mol. The summed E-state index contributed by atoms with van der Waals surface area (Å²) in [6.45, 7) is 4.89. The number of para-hydroxylation sites is 1. The summed E-state index contributed by atoms with van der Waals surface area (Å²) in [5.74, 6) is 0.258. The lowest BCUT2D eigenvalue weighted by atomic mass is 10.1. The largest absolute Gasteiger partial charge is 0.361 e. The second-order valence-electron chi connectivity index (χ2n) is 5.85. The second kappa shape index (κ2) is 7.64. The van der Waals surface area contributed by atoms with Crippen LogP contribution in [-0.4, -0.2) is 29.9 Å². The van der Waals surface area contributed by atoms with E-state index in [0.29, 0.717) is 12.5 Å². The first-order valence-corrected chi connectivity index (χ1v) is 7.64. The fraction of sp³-hybridized carbons (Fsp3) is 0.412. The van der Waals surface area contributed by atoms with Crippen molar-refractivity contribution in [2.45, 2.75) is 26.7 Å². The molecule has 0 saturated heterocycles. The number of carbonyl (C=O) groups is 2. The van der Waals surface area contributed by atoms with Gasteiger partial charge in [-0.1, -0.05) is 32.0 Å². The van der Waals surface area contributed by atoms with Crippen LogP contribution in [0.25, 0.3) is 10.9 Å². The topological polar surface area (TPSA) is 74.0 Å². The number of aromatic nitrogens is 1. The summed E-state index contributed by atoms with van der Waals surface area (Å²) in [5, 5.41) is 6.50. The molecule has 0 saturated carbocycles. The van der Waals surface area contributed by atoms with E-state index in [2.05, 4.69) is 29.5 Å². The van der Waals surface area contributed by atoms with Gasteiger partial charge in [0.1, 0.15) is 0 Å². The predicted octanol–water partition coefficient (Wildman–Crippen LogP) is 1.99. The van der Waals surface area contributed by atoms with Crippen molar-refractivity contribution in [3.63, 3.8) is 0 Å². The molecule has 5 nitrogen and oxygen atoms in total. The summed E-state index contributed by atoms with van der Waals surface area (Å²) in [6.07, 6.45) is 3.05. The number of carbonyl (C=O) groups excluding carboxylic acids is 2. The standard InChI is InChI=1S/C17H23N3O2/c1-12(2)7-8-18-17(22)11-20-16(21)9-13-10-19-15-6-4-3-5-14(13)15/h3-6,10,12,19H,7-9,11H2,1-2H3,(H,18,22)(H,20,21). The van der Waals surface area contributed by atoms with E-state index >= 15 is 0 Å². The molecule has 0 spiro atoms. The third-order valence-corrected chi connectivity index (χ3v) is 3.52. The molecular weight excluding hydrogens is 278 g/mol. The van der Waals surface area contributed by atoms with Crippen LogP contribution in [0.5, 0.6) is 0 Å². The lowest BCUT2D eigenvalue weighted by Crippen LogP contribution is -2.38. The SMILES string of the molecule is CC(C)CCNC(=O)CNC(=O)Cc1c[nH]c2ccccc12. The summed E-state index contributed by atoms with van der Waals surface area (Å²) in [6, 6.07) is 7.84. The van der Waals surface area contributed by atoms with Crippen molar-refractivity contribution in [1.82, 2.24) is 15.6 Å². The molecule has 2 rings (SSSR count). The molecule has 0 atom stereocenters. The first kappa shape index (κ1) is 16.1. The van der Waals surface area contributed by atoms with Gasteiger partial charge in [-0.05, 0) is 24.0 Å². The van der Waals surface area contributed by atoms with E-state index in [9.17, 15) is 9.59 Å². The Morgan fingerprint density at radius 1 is 1.14 bits per heavy atom. The third kappa shape index (κ3) is 4.62. The van der Waals surface area contributed by atoms with Crippen molar-refractivity contribution < 1.29 is 9.59 Å². The van der Waals surface area contributed by atoms with Crippen molar-refractivity contribution in [1.29, 1.82) is 0 Å². The first-order chi connectivity index (χ1) is 10.6. The molecule has 22 heavy (non-hydrogen) atoms. The van der Waals surface area contributed by atoms with E-state index in [1.807, 2.05) is 30.5 Å². The Labute approximate surface area is 130 Å². The average Bonchev–Trinajstić information content (AvgIpc) is 2.88. The lowest BCUT2D eigenvalue weighted by Gasteiger charge is -2.08.